The van der Waals surface area contributed by atoms with Crippen LogP contribution < -0.4 is 4.74 Å². The van der Waals surface area contributed by atoms with Gasteiger partial charge in [-0.3, -0.25) is 0 Å². The van der Waals surface area contributed by atoms with E-state index in [1.54, 1.807) is 12.4 Å². The number of hydrogen-bond donors (Lipinski definition) is 1. The fraction of sp³-hybridized carbons (Fsp3) is 0.286. The van der Waals surface area contributed by atoms with E-state index in [2.05, 4.69) is 16.0 Å². The van der Waals surface area contributed by atoms with Crippen LogP contribution >= 0.6 is 0 Å². The molecule has 1 aromatic heterocycles. The summed E-state index contributed by atoms with van der Waals surface area (Å²) in [6.45, 7) is 6.01. The Kier molecular flexibility index (Phi) is 3.58. The third kappa shape index (κ3) is 2.65. The van der Waals surface area contributed by atoms with Gasteiger partial charge in [-0.25, -0.2) is 9.97 Å². The first-order valence-electron chi connectivity index (χ1n) is 5.77. The molecule has 0 fully saturated rings. The molecule has 0 spiro atoms. The Labute approximate surface area is 106 Å². The second kappa shape index (κ2) is 5.14. The van der Waals surface area contributed by atoms with Gasteiger partial charge in [-0.2, -0.15) is 0 Å². The second-order valence-electron chi connectivity index (χ2n) is 4.34. The van der Waals surface area contributed by atoms with Crippen LogP contribution in [0, 0.1) is 20.8 Å². The summed E-state index contributed by atoms with van der Waals surface area (Å²) < 4.78 is 5.67. The van der Waals surface area contributed by atoms with Crippen molar-refractivity contribution in [3.8, 4) is 11.8 Å². The predicted molar refractivity (Wildman–Crippen MR) is 68.7 cm³/mol. The van der Waals surface area contributed by atoms with Gasteiger partial charge in [0.25, 0.3) is 0 Å². The van der Waals surface area contributed by atoms with Crippen LogP contribution in [-0.4, -0.2) is 15.1 Å². The van der Waals surface area contributed by atoms with E-state index in [9.17, 15) is 0 Å². The number of ether oxygens (including phenoxy) is 1. The average Bonchev–Trinajstić information content (AvgIpc) is 2.36. The number of nitrogens with zero attached hydrogens (tertiary/aromatic N) is 2. The van der Waals surface area contributed by atoms with Gasteiger partial charge in [0.1, 0.15) is 5.75 Å². The molecule has 0 unspecified atom stereocenters. The number of aliphatic hydroxyl groups is 1. The number of benzene rings is 1. The lowest BCUT2D eigenvalue weighted by atomic mass is 10.1. The minimum absolute atomic E-state index is 0.0666. The van der Waals surface area contributed by atoms with Crippen molar-refractivity contribution in [1.82, 2.24) is 9.97 Å². The Morgan fingerprint density at radius 3 is 2.39 bits per heavy atom. The molecule has 18 heavy (non-hydrogen) atoms. The molecule has 0 aliphatic heterocycles. The van der Waals surface area contributed by atoms with Gasteiger partial charge in [0, 0.05) is 18.0 Å². The molecule has 1 heterocycles. The molecule has 0 bridgehead atoms. The lowest BCUT2D eigenvalue weighted by molar-refractivity contribution is 0.280. The summed E-state index contributed by atoms with van der Waals surface area (Å²) in [4.78, 5) is 8.10. The van der Waals surface area contributed by atoms with Crippen molar-refractivity contribution < 1.29 is 9.84 Å². The van der Waals surface area contributed by atoms with Crippen LogP contribution in [0.3, 0.4) is 0 Å². The van der Waals surface area contributed by atoms with Gasteiger partial charge < -0.3 is 9.84 Å². The number of rotatable bonds is 3. The zero-order valence-electron chi connectivity index (χ0n) is 10.8. The number of aliphatic hydroxyl groups excluding tert-OH is 1. The van der Waals surface area contributed by atoms with Gasteiger partial charge >= 0.3 is 6.01 Å². The van der Waals surface area contributed by atoms with Crippen molar-refractivity contribution in [3.63, 3.8) is 0 Å². The summed E-state index contributed by atoms with van der Waals surface area (Å²) in [6.07, 6.45) is 3.11. The Bertz CT molecular complexity index is 550. The molecule has 0 amide bonds. The fourth-order valence-electron chi connectivity index (χ4n) is 1.68. The minimum atomic E-state index is -0.0666. The van der Waals surface area contributed by atoms with Crippen molar-refractivity contribution in [2.24, 2.45) is 0 Å². The molecule has 94 valence electrons. The molecule has 0 aliphatic carbocycles. The molecule has 0 radical (unpaired) electrons. The van der Waals surface area contributed by atoms with Crippen molar-refractivity contribution in [2.45, 2.75) is 27.4 Å². The zero-order valence-corrected chi connectivity index (χ0v) is 10.8. The fourth-order valence-corrected chi connectivity index (χ4v) is 1.68. The van der Waals surface area contributed by atoms with Crippen LogP contribution in [0.5, 0.6) is 11.8 Å². The average molecular weight is 244 g/mol. The third-order valence-electron chi connectivity index (χ3n) is 2.83. The first-order valence-corrected chi connectivity index (χ1v) is 5.77. The number of hydrogen-bond acceptors (Lipinski definition) is 4. The van der Waals surface area contributed by atoms with Gasteiger partial charge in [-0.05, 0) is 43.5 Å². The first-order chi connectivity index (χ1) is 8.60. The molecule has 0 saturated carbocycles. The van der Waals surface area contributed by atoms with E-state index in [0.29, 0.717) is 11.6 Å². The van der Waals surface area contributed by atoms with Crippen LogP contribution in [0.2, 0.25) is 0 Å². The highest BCUT2D eigenvalue weighted by atomic mass is 16.5. The van der Waals surface area contributed by atoms with Gasteiger partial charge in [0.05, 0.1) is 6.61 Å². The molecule has 0 saturated heterocycles. The van der Waals surface area contributed by atoms with Crippen molar-refractivity contribution in [2.75, 3.05) is 0 Å². The molecular weight excluding hydrogens is 228 g/mol. The largest absolute Gasteiger partial charge is 0.424 e. The summed E-state index contributed by atoms with van der Waals surface area (Å²) in [6, 6.07) is 4.36. The normalized spacial score (nSPS) is 10.4. The Hall–Kier alpha value is -1.94. The topological polar surface area (TPSA) is 55.2 Å². The van der Waals surface area contributed by atoms with Crippen molar-refractivity contribution >= 4 is 0 Å². The zero-order chi connectivity index (χ0) is 13.1. The molecular formula is C14H16N2O2. The SMILES string of the molecule is Cc1cc(C)c(C)c(Oc2ncc(CO)cn2)c1. The summed E-state index contributed by atoms with van der Waals surface area (Å²) in [5.41, 5.74) is 4.06. The predicted octanol–water partition coefficient (Wildman–Crippen LogP) is 2.69. The highest BCUT2D eigenvalue weighted by Gasteiger charge is 2.07. The van der Waals surface area contributed by atoms with Crippen molar-refractivity contribution in [1.29, 1.82) is 0 Å². The molecule has 0 aliphatic rings. The Balaban J connectivity index is 2.27. The second-order valence-corrected chi connectivity index (χ2v) is 4.34. The van der Waals surface area contributed by atoms with Gasteiger partial charge in [-0.15, -0.1) is 0 Å². The summed E-state index contributed by atoms with van der Waals surface area (Å²) in [7, 11) is 0. The van der Waals surface area contributed by atoms with E-state index >= 15 is 0 Å². The monoisotopic (exact) mass is 244 g/mol. The maximum atomic E-state index is 8.91. The van der Waals surface area contributed by atoms with E-state index in [1.807, 2.05) is 26.8 Å². The van der Waals surface area contributed by atoms with E-state index < -0.39 is 0 Å². The first kappa shape index (κ1) is 12.5. The summed E-state index contributed by atoms with van der Waals surface area (Å²) in [5, 5.41) is 8.91. The summed E-state index contributed by atoms with van der Waals surface area (Å²) >= 11 is 0. The van der Waals surface area contributed by atoms with E-state index in [1.165, 1.54) is 5.56 Å². The third-order valence-corrected chi connectivity index (χ3v) is 2.83. The number of aromatic nitrogens is 2. The maximum absolute atomic E-state index is 8.91. The molecule has 4 heteroatoms. The standard InChI is InChI=1S/C14H16N2O2/c1-9-4-10(2)11(3)13(5-9)18-14-15-6-12(8-17)7-16-14/h4-7,17H,8H2,1-3H3. The van der Waals surface area contributed by atoms with E-state index in [0.717, 1.165) is 16.9 Å². The Morgan fingerprint density at radius 2 is 1.78 bits per heavy atom. The van der Waals surface area contributed by atoms with Crippen LogP contribution in [0.15, 0.2) is 24.5 Å². The molecule has 2 aromatic rings. The molecule has 4 nitrogen and oxygen atoms in total. The van der Waals surface area contributed by atoms with Gasteiger partial charge in [-0.1, -0.05) is 6.07 Å². The van der Waals surface area contributed by atoms with E-state index in [-0.39, 0.29) is 6.61 Å². The van der Waals surface area contributed by atoms with Crippen LogP contribution in [-0.2, 0) is 6.61 Å². The van der Waals surface area contributed by atoms with Crippen molar-refractivity contribution in [3.05, 3.63) is 46.8 Å². The smallest absolute Gasteiger partial charge is 0.321 e. The highest BCUT2D eigenvalue weighted by Crippen LogP contribution is 2.26. The van der Waals surface area contributed by atoms with Gasteiger partial charge in [0.2, 0.25) is 0 Å². The summed E-state index contributed by atoms with van der Waals surface area (Å²) in [5.74, 6) is 0.768. The molecule has 1 N–H and O–H groups in total. The van der Waals surface area contributed by atoms with Crippen LogP contribution in [0.1, 0.15) is 22.3 Å². The Morgan fingerprint density at radius 1 is 1.11 bits per heavy atom. The minimum Gasteiger partial charge on any atom is -0.424 e. The highest BCUT2D eigenvalue weighted by molar-refractivity contribution is 5.43. The van der Waals surface area contributed by atoms with E-state index in [4.69, 9.17) is 9.84 Å². The lowest BCUT2D eigenvalue weighted by Gasteiger charge is -2.10. The molecule has 0 atom stereocenters. The quantitative estimate of drug-likeness (QED) is 0.901. The maximum Gasteiger partial charge on any atom is 0.321 e. The number of aryl methyl sites for hydroxylation is 2. The molecule has 1 aromatic carbocycles. The lowest BCUT2D eigenvalue weighted by Crippen LogP contribution is -1.96. The van der Waals surface area contributed by atoms with Crippen LogP contribution in [0.25, 0.3) is 0 Å². The van der Waals surface area contributed by atoms with Crippen LogP contribution in [0.4, 0.5) is 0 Å². The molecule has 2 rings (SSSR count). The van der Waals surface area contributed by atoms with Gasteiger partial charge in [0.15, 0.2) is 0 Å².